The van der Waals surface area contributed by atoms with Crippen LogP contribution in [0.1, 0.15) is 27.2 Å². The molecule has 0 radical (unpaired) electrons. The molecule has 0 unspecified atom stereocenters. The number of ether oxygens (including phenoxy) is 3. The largest absolute Gasteiger partial charge is 0.462 e. The van der Waals surface area contributed by atoms with Crippen LogP contribution in [-0.2, 0) is 33.4 Å². The summed E-state index contributed by atoms with van der Waals surface area (Å²) in [6.45, 7) is 2.31. The predicted molar refractivity (Wildman–Crippen MR) is 64.5 cm³/mol. The molecule has 114 valence electrons. The maximum absolute atomic E-state index is 11.2. The van der Waals surface area contributed by atoms with Crippen molar-refractivity contribution in [3.05, 3.63) is 0 Å². The average Bonchev–Trinajstić information content (AvgIpc) is 2.32. The third kappa shape index (κ3) is 8.20. The molecule has 0 aliphatic heterocycles. The van der Waals surface area contributed by atoms with Crippen molar-refractivity contribution >= 4 is 23.7 Å². The lowest BCUT2D eigenvalue weighted by molar-refractivity contribution is -0.174. The normalized spacial score (nSPS) is 13.0. The fourth-order valence-corrected chi connectivity index (χ4v) is 1.38. The third-order valence-corrected chi connectivity index (χ3v) is 2.11. The number of aliphatic hydroxyl groups is 1. The van der Waals surface area contributed by atoms with Crippen LogP contribution in [0, 0.1) is 0 Å². The second-order valence-corrected chi connectivity index (χ2v) is 4.00. The maximum Gasteiger partial charge on any atom is 0.303 e. The summed E-state index contributed by atoms with van der Waals surface area (Å²) in [6, 6.07) is 0. The highest BCUT2D eigenvalue weighted by Gasteiger charge is 2.30. The Bertz CT molecular complexity index is 376. The van der Waals surface area contributed by atoms with Gasteiger partial charge in [-0.3, -0.25) is 19.2 Å². The molecular formula is C12H18O8. The first-order valence-electron chi connectivity index (χ1n) is 5.86. The van der Waals surface area contributed by atoms with Crippen molar-refractivity contribution in [2.24, 2.45) is 0 Å². The van der Waals surface area contributed by atoms with E-state index in [0.29, 0.717) is 0 Å². The van der Waals surface area contributed by atoms with E-state index in [1.807, 2.05) is 0 Å². The van der Waals surface area contributed by atoms with Crippen molar-refractivity contribution in [1.29, 1.82) is 0 Å². The number of carbonyl (C=O) groups excluding carboxylic acids is 4. The topological polar surface area (TPSA) is 116 Å². The number of hydrogen-bond acceptors (Lipinski definition) is 8. The van der Waals surface area contributed by atoms with E-state index in [4.69, 9.17) is 19.3 Å². The van der Waals surface area contributed by atoms with E-state index in [9.17, 15) is 19.2 Å². The molecule has 8 nitrogen and oxygen atoms in total. The fourth-order valence-electron chi connectivity index (χ4n) is 1.38. The van der Waals surface area contributed by atoms with Gasteiger partial charge in [0.05, 0.1) is 0 Å². The molecule has 0 fully saturated rings. The van der Waals surface area contributed by atoms with Crippen molar-refractivity contribution in [3.63, 3.8) is 0 Å². The molecule has 0 aliphatic carbocycles. The lowest BCUT2D eigenvalue weighted by Crippen LogP contribution is -2.40. The molecule has 0 spiro atoms. The van der Waals surface area contributed by atoms with Crippen molar-refractivity contribution < 1.29 is 38.5 Å². The highest BCUT2D eigenvalue weighted by atomic mass is 16.6. The quantitative estimate of drug-likeness (QED) is 0.463. The zero-order valence-corrected chi connectivity index (χ0v) is 11.6. The van der Waals surface area contributed by atoms with Crippen LogP contribution in [0.4, 0.5) is 0 Å². The van der Waals surface area contributed by atoms with Gasteiger partial charge in [0.15, 0.2) is 11.9 Å². The highest BCUT2D eigenvalue weighted by Crippen LogP contribution is 2.11. The average molecular weight is 290 g/mol. The lowest BCUT2D eigenvalue weighted by atomic mass is 10.1. The Morgan fingerprint density at radius 3 is 1.80 bits per heavy atom. The van der Waals surface area contributed by atoms with Gasteiger partial charge in [-0.2, -0.15) is 0 Å². The van der Waals surface area contributed by atoms with Crippen LogP contribution in [0.15, 0.2) is 0 Å². The van der Waals surface area contributed by atoms with Gasteiger partial charge in [0.2, 0.25) is 0 Å². The second kappa shape index (κ2) is 9.03. The molecule has 8 heteroatoms. The van der Waals surface area contributed by atoms with Gasteiger partial charge < -0.3 is 19.3 Å². The van der Waals surface area contributed by atoms with Crippen LogP contribution in [0.3, 0.4) is 0 Å². The van der Waals surface area contributed by atoms with E-state index < -0.39 is 42.5 Å². The summed E-state index contributed by atoms with van der Waals surface area (Å²) >= 11 is 0. The van der Waals surface area contributed by atoms with Crippen LogP contribution in [-0.4, -0.2) is 54.2 Å². The van der Waals surface area contributed by atoms with Gasteiger partial charge in [-0.15, -0.1) is 0 Å². The van der Waals surface area contributed by atoms with Crippen molar-refractivity contribution in [3.8, 4) is 0 Å². The smallest absolute Gasteiger partial charge is 0.303 e. The number of aliphatic hydroxyl groups excluding tert-OH is 1. The highest BCUT2D eigenvalue weighted by molar-refractivity contribution is 5.80. The molecular weight excluding hydrogens is 272 g/mol. The number of rotatable bonds is 8. The molecule has 0 heterocycles. The van der Waals surface area contributed by atoms with Gasteiger partial charge >= 0.3 is 17.9 Å². The van der Waals surface area contributed by atoms with Crippen molar-refractivity contribution in [1.82, 2.24) is 0 Å². The van der Waals surface area contributed by atoms with E-state index in [1.165, 1.54) is 0 Å². The van der Waals surface area contributed by atoms with E-state index in [1.54, 1.807) is 0 Å². The van der Waals surface area contributed by atoms with E-state index >= 15 is 0 Å². The second-order valence-electron chi connectivity index (χ2n) is 4.00. The first-order valence-corrected chi connectivity index (χ1v) is 5.86. The lowest BCUT2D eigenvalue weighted by Gasteiger charge is -2.25. The molecule has 0 rings (SSSR count). The minimum Gasteiger partial charge on any atom is -0.462 e. The van der Waals surface area contributed by atoms with Crippen LogP contribution in [0.2, 0.25) is 0 Å². The molecule has 2 atom stereocenters. The Balaban J connectivity index is 4.93. The first kappa shape index (κ1) is 18.0. The van der Waals surface area contributed by atoms with E-state index in [2.05, 4.69) is 0 Å². The summed E-state index contributed by atoms with van der Waals surface area (Å²) in [4.78, 5) is 44.0. The van der Waals surface area contributed by atoms with Crippen LogP contribution in [0.5, 0.6) is 0 Å². The summed E-state index contributed by atoms with van der Waals surface area (Å²) in [5.41, 5.74) is 0. The Hall–Kier alpha value is -1.96. The van der Waals surface area contributed by atoms with Crippen molar-refractivity contribution in [2.75, 3.05) is 13.2 Å². The molecule has 1 N–H and O–H groups in total. The van der Waals surface area contributed by atoms with Gasteiger partial charge in [-0.25, -0.2) is 0 Å². The SMILES string of the molecule is CC(=O)OC[C@@H](OC(C)=O)[C@H](CC(=O)CO)OC(C)=O. The molecule has 0 saturated carbocycles. The summed E-state index contributed by atoms with van der Waals surface area (Å²) in [6.07, 6.45) is -2.60. The number of ketones is 1. The van der Waals surface area contributed by atoms with Gasteiger partial charge in [-0.1, -0.05) is 0 Å². The molecule has 0 amide bonds. The van der Waals surface area contributed by atoms with Crippen molar-refractivity contribution in [2.45, 2.75) is 39.4 Å². The molecule has 0 aromatic carbocycles. The number of hydrogen-bond donors (Lipinski definition) is 1. The minimum atomic E-state index is -1.13. The van der Waals surface area contributed by atoms with Crippen LogP contribution in [0.25, 0.3) is 0 Å². The molecule has 0 aromatic heterocycles. The Morgan fingerprint density at radius 2 is 1.40 bits per heavy atom. The zero-order chi connectivity index (χ0) is 15.7. The standard InChI is InChI=1S/C12H18O8/c1-7(14)18-6-12(20-9(3)16)11(19-8(2)15)4-10(17)5-13/h11-13H,4-6H2,1-3H3/t11-,12+/m0/s1. The van der Waals surface area contributed by atoms with Gasteiger partial charge in [0, 0.05) is 27.2 Å². The van der Waals surface area contributed by atoms with E-state index in [-0.39, 0.29) is 13.0 Å². The van der Waals surface area contributed by atoms with Crippen LogP contribution < -0.4 is 0 Å². The third-order valence-electron chi connectivity index (χ3n) is 2.11. The van der Waals surface area contributed by atoms with Crippen LogP contribution >= 0.6 is 0 Å². The summed E-state index contributed by atoms with van der Waals surface area (Å²) < 4.78 is 14.5. The maximum atomic E-state index is 11.2. The molecule has 0 aliphatic rings. The minimum absolute atomic E-state index is 0.352. The molecule has 0 saturated heterocycles. The zero-order valence-electron chi connectivity index (χ0n) is 11.6. The monoisotopic (exact) mass is 290 g/mol. The van der Waals surface area contributed by atoms with Gasteiger partial charge in [0.1, 0.15) is 19.3 Å². The van der Waals surface area contributed by atoms with E-state index in [0.717, 1.165) is 20.8 Å². The Morgan fingerprint density at radius 1 is 0.900 bits per heavy atom. The molecule has 0 aromatic rings. The Labute approximate surface area is 116 Å². The predicted octanol–water partition coefficient (Wildman–Crippen LogP) is -0.636. The van der Waals surface area contributed by atoms with Gasteiger partial charge in [-0.05, 0) is 0 Å². The summed E-state index contributed by atoms with van der Waals surface area (Å²) in [5, 5.41) is 8.72. The number of carbonyl (C=O) groups is 4. The summed E-state index contributed by atoms with van der Waals surface area (Å²) in [5.74, 6) is -2.59. The molecule has 0 bridgehead atoms. The number of esters is 3. The van der Waals surface area contributed by atoms with Gasteiger partial charge in [0.25, 0.3) is 0 Å². The first-order chi connectivity index (χ1) is 9.26. The summed E-state index contributed by atoms with van der Waals surface area (Å²) in [7, 11) is 0. The number of Topliss-reactive ketones (excluding diaryl/α,β-unsaturated/α-hetero) is 1. The molecule has 20 heavy (non-hydrogen) atoms. The fraction of sp³-hybridized carbons (Fsp3) is 0.667. The Kier molecular flexibility index (Phi) is 8.14.